The summed E-state index contributed by atoms with van der Waals surface area (Å²) < 4.78 is 30.0. The summed E-state index contributed by atoms with van der Waals surface area (Å²) in [5.74, 6) is -3.15. The number of hydrogen-bond donors (Lipinski definition) is 2. The van der Waals surface area contributed by atoms with E-state index in [0.717, 1.165) is 45.2 Å². The summed E-state index contributed by atoms with van der Waals surface area (Å²) in [6, 6.07) is 9.94. The van der Waals surface area contributed by atoms with Crippen LogP contribution in [0.3, 0.4) is 0 Å². The maximum absolute atomic E-state index is 14.3. The van der Waals surface area contributed by atoms with E-state index in [2.05, 4.69) is 16.3 Å². The molecule has 2 N–H and O–H groups in total. The molecule has 4 aromatic rings. The van der Waals surface area contributed by atoms with Crippen LogP contribution in [0.2, 0.25) is 0 Å². The topological polar surface area (TPSA) is 94.7 Å². The van der Waals surface area contributed by atoms with Gasteiger partial charge in [-0.2, -0.15) is 10.4 Å². The standard InChI is InChI=1S/C25H22F2N4O2/c1-25(2,5-6-28)23-22(13-7-14(8-13)24(32)33)17-11-20-15(12-29-30-20)9-21(17)31(23)16-3-4-18(26)19(27)10-16/h3-4,9-14H,5,7-8H2,1-2H3,(H,29,30)(H,32,33). The van der Waals surface area contributed by atoms with Gasteiger partial charge in [-0.25, -0.2) is 8.78 Å². The molecule has 5 rings (SSSR count). The molecule has 0 spiro atoms. The van der Waals surface area contributed by atoms with Gasteiger partial charge in [-0.15, -0.1) is 0 Å². The second kappa shape index (κ2) is 7.41. The molecule has 33 heavy (non-hydrogen) atoms. The summed E-state index contributed by atoms with van der Waals surface area (Å²) in [4.78, 5) is 11.5. The van der Waals surface area contributed by atoms with Gasteiger partial charge in [0.2, 0.25) is 0 Å². The van der Waals surface area contributed by atoms with Crippen molar-refractivity contribution < 1.29 is 18.7 Å². The fourth-order valence-electron chi connectivity index (χ4n) is 5.06. The molecule has 0 radical (unpaired) electrons. The Morgan fingerprint density at radius 3 is 2.70 bits per heavy atom. The molecule has 2 aromatic heterocycles. The van der Waals surface area contributed by atoms with E-state index in [1.54, 1.807) is 6.20 Å². The Kier molecular flexibility index (Phi) is 4.74. The number of aliphatic carboxylic acids is 1. The van der Waals surface area contributed by atoms with Crippen LogP contribution < -0.4 is 0 Å². The van der Waals surface area contributed by atoms with Gasteiger partial charge in [0.15, 0.2) is 11.6 Å². The Bertz CT molecular complexity index is 1450. The van der Waals surface area contributed by atoms with Crippen LogP contribution in [0.4, 0.5) is 8.78 Å². The van der Waals surface area contributed by atoms with Crippen LogP contribution in [0.5, 0.6) is 0 Å². The Labute approximate surface area is 188 Å². The van der Waals surface area contributed by atoms with Gasteiger partial charge in [0.1, 0.15) is 0 Å². The van der Waals surface area contributed by atoms with Gasteiger partial charge in [0.05, 0.1) is 29.2 Å². The average molecular weight is 448 g/mol. The minimum atomic E-state index is -0.959. The van der Waals surface area contributed by atoms with Crippen molar-refractivity contribution >= 4 is 27.8 Å². The number of fused-ring (bicyclic) bond motifs is 2. The van der Waals surface area contributed by atoms with E-state index in [-0.39, 0.29) is 12.3 Å². The third-order valence-corrected chi connectivity index (χ3v) is 6.79. The summed E-state index contributed by atoms with van der Waals surface area (Å²) in [7, 11) is 0. The van der Waals surface area contributed by atoms with Gasteiger partial charge in [0.25, 0.3) is 0 Å². The first-order valence-corrected chi connectivity index (χ1v) is 10.8. The van der Waals surface area contributed by atoms with Gasteiger partial charge in [-0.05, 0) is 48.6 Å². The average Bonchev–Trinajstić information content (AvgIpc) is 3.29. The third-order valence-electron chi connectivity index (χ3n) is 6.79. The molecule has 2 aromatic carbocycles. The number of carbonyl (C=O) groups is 1. The smallest absolute Gasteiger partial charge is 0.306 e. The Morgan fingerprint density at radius 1 is 1.27 bits per heavy atom. The van der Waals surface area contributed by atoms with E-state index in [4.69, 9.17) is 0 Å². The lowest BCUT2D eigenvalue weighted by molar-refractivity contribution is -0.145. The van der Waals surface area contributed by atoms with E-state index in [0.29, 0.717) is 18.5 Å². The van der Waals surface area contributed by atoms with Crippen LogP contribution in [0.15, 0.2) is 36.5 Å². The molecule has 168 valence electrons. The summed E-state index contributed by atoms with van der Waals surface area (Å²) >= 11 is 0. The first kappa shape index (κ1) is 21.1. The number of aromatic nitrogens is 3. The van der Waals surface area contributed by atoms with Crippen LogP contribution in [-0.2, 0) is 10.2 Å². The maximum Gasteiger partial charge on any atom is 0.306 e. The minimum Gasteiger partial charge on any atom is -0.481 e. The fraction of sp³-hybridized carbons (Fsp3) is 0.320. The summed E-state index contributed by atoms with van der Waals surface area (Å²) in [6.45, 7) is 3.90. The van der Waals surface area contributed by atoms with Crippen LogP contribution in [-0.4, -0.2) is 25.8 Å². The van der Waals surface area contributed by atoms with Crippen molar-refractivity contribution in [3.8, 4) is 11.8 Å². The van der Waals surface area contributed by atoms with E-state index >= 15 is 0 Å². The number of H-pyrrole nitrogens is 1. The second-order valence-corrected chi connectivity index (χ2v) is 9.44. The fourth-order valence-corrected chi connectivity index (χ4v) is 5.06. The molecule has 0 unspecified atom stereocenters. The number of benzene rings is 2. The summed E-state index contributed by atoms with van der Waals surface area (Å²) in [5.41, 5.74) is 3.20. The van der Waals surface area contributed by atoms with Crippen LogP contribution in [0, 0.1) is 28.9 Å². The number of hydrogen-bond acceptors (Lipinski definition) is 3. The van der Waals surface area contributed by atoms with Gasteiger partial charge >= 0.3 is 5.97 Å². The quantitative estimate of drug-likeness (QED) is 0.418. The van der Waals surface area contributed by atoms with Crippen LogP contribution in [0.1, 0.15) is 50.3 Å². The van der Waals surface area contributed by atoms with E-state index < -0.39 is 28.9 Å². The Morgan fingerprint density at radius 2 is 2.03 bits per heavy atom. The predicted molar refractivity (Wildman–Crippen MR) is 119 cm³/mol. The number of rotatable bonds is 5. The summed E-state index contributed by atoms with van der Waals surface area (Å²) in [6.07, 6.45) is 2.88. The first-order chi connectivity index (χ1) is 15.7. The molecular formula is C25H22F2N4O2. The van der Waals surface area contributed by atoms with Gasteiger partial charge < -0.3 is 9.67 Å². The zero-order chi connectivity index (χ0) is 23.5. The molecule has 8 heteroatoms. The van der Waals surface area contributed by atoms with E-state index in [1.165, 1.54) is 6.07 Å². The lowest BCUT2D eigenvalue weighted by atomic mass is 9.68. The molecule has 1 aliphatic carbocycles. The number of nitrogens with one attached hydrogen (secondary N) is 1. The van der Waals surface area contributed by atoms with Crippen molar-refractivity contribution in [1.29, 1.82) is 5.26 Å². The number of nitrogens with zero attached hydrogens (tertiary/aromatic N) is 3. The predicted octanol–water partition coefficient (Wildman–Crippen LogP) is 5.55. The monoisotopic (exact) mass is 448 g/mol. The molecule has 1 saturated carbocycles. The molecule has 2 heterocycles. The zero-order valence-electron chi connectivity index (χ0n) is 18.2. The van der Waals surface area contributed by atoms with Crippen molar-refractivity contribution in [3.05, 3.63) is 59.4 Å². The molecule has 0 atom stereocenters. The number of carboxylic acid groups (broad SMARTS) is 1. The molecule has 0 amide bonds. The summed E-state index contributed by atoms with van der Waals surface area (Å²) in [5, 5.41) is 27.8. The Hall–Kier alpha value is -3.73. The van der Waals surface area contributed by atoms with Crippen molar-refractivity contribution in [2.24, 2.45) is 5.92 Å². The number of nitriles is 1. The highest BCUT2D eigenvalue weighted by Gasteiger charge is 2.41. The largest absolute Gasteiger partial charge is 0.481 e. The maximum atomic E-state index is 14.3. The number of carboxylic acids is 1. The van der Waals surface area contributed by atoms with Crippen molar-refractivity contribution in [3.63, 3.8) is 0 Å². The molecule has 0 aliphatic heterocycles. The Balaban J connectivity index is 1.87. The van der Waals surface area contributed by atoms with Crippen LogP contribution in [0.25, 0.3) is 27.5 Å². The molecule has 0 bridgehead atoms. The van der Waals surface area contributed by atoms with Crippen molar-refractivity contribution in [1.82, 2.24) is 14.8 Å². The van der Waals surface area contributed by atoms with Crippen molar-refractivity contribution in [2.45, 2.75) is 44.4 Å². The second-order valence-electron chi connectivity index (χ2n) is 9.44. The normalized spacial score (nSPS) is 18.4. The first-order valence-electron chi connectivity index (χ1n) is 10.8. The zero-order valence-corrected chi connectivity index (χ0v) is 18.2. The highest BCUT2D eigenvalue weighted by atomic mass is 19.2. The molecule has 1 aliphatic rings. The minimum absolute atomic E-state index is 0.0199. The number of halogens is 2. The molecule has 1 fully saturated rings. The lowest BCUT2D eigenvalue weighted by Gasteiger charge is -2.36. The lowest BCUT2D eigenvalue weighted by Crippen LogP contribution is -2.31. The van der Waals surface area contributed by atoms with Crippen molar-refractivity contribution in [2.75, 3.05) is 0 Å². The van der Waals surface area contributed by atoms with Gasteiger partial charge in [-0.1, -0.05) is 13.8 Å². The van der Waals surface area contributed by atoms with E-state index in [9.17, 15) is 23.9 Å². The molecule has 0 saturated heterocycles. The van der Waals surface area contributed by atoms with Crippen LogP contribution >= 0.6 is 0 Å². The SMILES string of the molecule is CC(C)(CC#N)c1c(C2CC(C(=O)O)C2)c2cc3[nH]ncc3cc2n1-c1ccc(F)c(F)c1. The highest BCUT2D eigenvalue weighted by molar-refractivity contribution is 5.99. The highest BCUT2D eigenvalue weighted by Crippen LogP contribution is 2.50. The van der Waals surface area contributed by atoms with Gasteiger partial charge in [-0.3, -0.25) is 9.89 Å². The number of aromatic amines is 1. The third kappa shape index (κ3) is 3.27. The molecule has 6 nitrogen and oxygen atoms in total. The molecular weight excluding hydrogens is 426 g/mol. The van der Waals surface area contributed by atoms with E-state index in [1.807, 2.05) is 30.5 Å². The van der Waals surface area contributed by atoms with Gasteiger partial charge in [0, 0.05) is 40.1 Å².